The van der Waals surface area contributed by atoms with Gasteiger partial charge in [-0.05, 0) is 30.2 Å². The van der Waals surface area contributed by atoms with E-state index >= 15 is 0 Å². The SMILES string of the molecule is C[C@@H]1CCCC[C@@H]1NC(=O)CSc1nnc(-c2cccs2)n1CC(N)=O. The molecule has 0 radical (unpaired) electrons. The van der Waals surface area contributed by atoms with Crippen LogP contribution in [-0.4, -0.2) is 38.4 Å². The number of nitrogens with zero attached hydrogens (tertiary/aromatic N) is 3. The van der Waals surface area contributed by atoms with E-state index in [1.165, 1.54) is 35.9 Å². The number of amides is 2. The molecule has 0 bridgehead atoms. The first-order valence-corrected chi connectivity index (χ1v) is 10.6. The van der Waals surface area contributed by atoms with E-state index in [9.17, 15) is 9.59 Å². The number of hydrogen-bond donors (Lipinski definition) is 2. The minimum Gasteiger partial charge on any atom is -0.368 e. The van der Waals surface area contributed by atoms with Crippen molar-refractivity contribution in [2.75, 3.05) is 5.75 Å². The van der Waals surface area contributed by atoms with Crippen LogP contribution >= 0.6 is 23.1 Å². The summed E-state index contributed by atoms with van der Waals surface area (Å²) in [5.74, 6) is 0.874. The van der Waals surface area contributed by atoms with Crippen molar-refractivity contribution in [1.29, 1.82) is 0 Å². The smallest absolute Gasteiger partial charge is 0.237 e. The molecule has 7 nitrogen and oxygen atoms in total. The van der Waals surface area contributed by atoms with Crippen LogP contribution in [-0.2, 0) is 16.1 Å². The number of rotatable bonds is 7. The molecule has 0 unspecified atom stereocenters. The lowest BCUT2D eigenvalue weighted by Crippen LogP contribution is -2.41. The van der Waals surface area contributed by atoms with E-state index in [1.807, 2.05) is 17.5 Å². The van der Waals surface area contributed by atoms with Gasteiger partial charge in [0, 0.05) is 6.04 Å². The van der Waals surface area contributed by atoms with E-state index in [0.717, 1.165) is 17.7 Å². The van der Waals surface area contributed by atoms with Gasteiger partial charge in [0.25, 0.3) is 0 Å². The highest BCUT2D eigenvalue weighted by Crippen LogP contribution is 2.27. The third-order valence-corrected chi connectivity index (χ3v) is 6.40. The largest absolute Gasteiger partial charge is 0.368 e. The standard InChI is InChI=1S/C17H23N5O2S2/c1-11-5-2-3-6-12(11)19-15(24)10-26-17-21-20-16(13-7-4-8-25-13)22(17)9-14(18)23/h4,7-8,11-12H,2-3,5-6,9-10H2,1H3,(H2,18,23)(H,19,24)/t11-,12+/m1/s1. The number of hydrogen-bond acceptors (Lipinski definition) is 6. The van der Waals surface area contributed by atoms with Gasteiger partial charge in [-0.2, -0.15) is 0 Å². The second-order valence-corrected chi connectivity index (χ2v) is 8.45. The van der Waals surface area contributed by atoms with Crippen molar-refractivity contribution in [3.05, 3.63) is 17.5 Å². The van der Waals surface area contributed by atoms with E-state index in [4.69, 9.17) is 5.73 Å². The van der Waals surface area contributed by atoms with Gasteiger partial charge >= 0.3 is 0 Å². The summed E-state index contributed by atoms with van der Waals surface area (Å²) in [4.78, 5) is 24.7. The van der Waals surface area contributed by atoms with Crippen LogP contribution in [0.3, 0.4) is 0 Å². The molecule has 2 aromatic heterocycles. The van der Waals surface area contributed by atoms with Crippen molar-refractivity contribution >= 4 is 34.9 Å². The lowest BCUT2D eigenvalue weighted by atomic mass is 9.86. The van der Waals surface area contributed by atoms with Crippen molar-refractivity contribution in [2.45, 2.75) is 50.4 Å². The molecule has 0 aromatic carbocycles. The van der Waals surface area contributed by atoms with Crippen LogP contribution < -0.4 is 11.1 Å². The maximum absolute atomic E-state index is 12.3. The average Bonchev–Trinajstić information content (AvgIpc) is 3.24. The number of aromatic nitrogens is 3. The second-order valence-electron chi connectivity index (χ2n) is 6.56. The first-order chi connectivity index (χ1) is 12.5. The van der Waals surface area contributed by atoms with Gasteiger partial charge in [-0.15, -0.1) is 21.5 Å². The summed E-state index contributed by atoms with van der Waals surface area (Å²) in [5.41, 5.74) is 5.37. The molecule has 2 amide bonds. The number of carbonyl (C=O) groups excluding carboxylic acids is 2. The molecular weight excluding hydrogens is 370 g/mol. The molecule has 2 atom stereocenters. The summed E-state index contributed by atoms with van der Waals surface area (Å²) in [6, 6.07) is 4.08. The zero-order valence-corrected chi connectivity index (χ0v) is 16.3. The molecule has 2 aromatic rings. The predicted molar refractivity (Wildman–Crippen MR) is 103 cm³/mol. The Kier molecular flexibility index (Phi) is 6.31. The lowest BCUT2D eigenvalue weighted by Gasteiger charge is -2.29. The van der Waals surface area contributed by atoms with E-state index in [0.29, 0.717) is 16.9 Å². The van der Waals surface area contributed by atoms with E-state index in [1.54, 1.807) is 4.57 Å². The quantitative estimate of drug-likeness (QED) is 0.703. The van der Waals surface area contributed by atoms with Crippen LogP contribution in [0.5, 0.6) is 0 Å². The molecule has 0 spiro atoms. The van der Waals surface area contributed by atoms with Crippen LogP contribution in [0.1, 0.15) is 32.6 Å². The van der Waals surface area contributed by atoms with Gasteiger partial charge in [-0.3, -0.25) is 14.2 Å². The van der Waals surface area contributed by atoms with E-state index in [2.05, 4.69) is 22.4 Å². The molecular formula is C17H23N5O2S2. The van der Waals surface area contributed by atoms with Gasteiger partial charge in [0.2, 0.25) is 11.8 Å². The number of thiophene rings is 1. The topological polar surface area (TPSA) is 103 Å². The van der Waals surface area contributed by atoms with Crippen LogP contribution in [0.15, 0.2) is 22.7 Å². The summed E-state index contributed by atoms with van der Waals surface area (Å²) in [7, 11) is 0. The predicted octanol–water partition coefficient (Wildman–Crippen LogP) is 2.28. The number of thioether (sulfide) groups is 1. The van der Waals surface area contributed by atoms with E-state index in [-0.39, 0.29) is 24.2 Å². The van der Waals surface area contributed by atoms with Crippen molar-refractivity contribution in [1.82, 2.24) is 20.1 Å². The van der Waals surface area contributed by atoms with Gasteiger partial charge in [0.05, 0.1) is 10.6 Å². The maximum Gasteiger partial charge on any atom is 0.237 e. The number of primary amides is 1. The third kappa shape index (κ3) is 4.64. The third-order valence-electron chi connectivity index (χ3n) is 4.56. The van der Waals surface area contributed by atoms with Gasteiger partial charge in [-0.25, -0.2) is 0 Å². The number of carbonyl (C=O) groups is 2. The Balaban J connectivity index is 1.65. The van der Waals surface area contributed by atoms with Crippen molar-refractivity contribution in [2.24, 2.45) is 11.7 Å². The molecule has 26 heavy (non-hydrogen) atoms. The van der Waals surface area contributed by atoms with Gasteiger partial charge in [-0.1, -0.05) is 37.6 Å². The fraction of sp³-hybridized carbons (Fsp3) is 0.529. The Morgan fingerprint density at radius 3 is 2.88 bits per heavy atom. The fourth-order valence-corrected chi connectivity index (χ4v) is 4.66. The minimum atomic E-state index is -0.468. The lowest BCUT2D eigenvalue weighted by molar-refractivity contribution is -0.120. The van der Waals surface area contributed by atoms with Gasteiger partial charge in [0.1, 0.15) is 6.54 Å². The molecule has 1 fully saturated rings. The molecule has 0 aliphatic heterocycles. The molecule has 1 saturated carbocycles. The Hall–Kier alpha value is -1.87. The number of nitrogens with one attached hydrogen (secondary N) is 1. The van der Waals surface area contributed by atoms with Crippen molar-refractivity contribution in [3.8, 4) is 10.7 Å². The molecule has 2 heterocycles. The van der Waals surface area contributed by atoms with E-state index < -0.39 is 5.91 Å². The summed E-state index contributed by atoms with van der Waals surface area (Å²) >= 11 is 2.79. The first kappa shape index (κ1) is 18.9. The molecule has 9 heteroatoms. The second kappa shape index (κ2) is 8.68. The van der Waals surface area contributed by atoms with Crippen molar-refractivity contribution < 1.29 is 9.59 Å². The first-order valence-electron chi connectivity index (χ1n) is 8.72. The maximum atomic E-state index is 12.3. The van der Waals surface area contributed by atoms with Gasteiger partial charge in [0.15, 0.2) is 11.0 Å². The molecule has 1 aliphatic carbocycles. The van der Waals surface area contributed by atoms with Crippen LogP contribution in [0, 0.1) is 5.92 Å². The Morgan fingerprint density at radius 2 is 2.19 bits per heavy atom. The minimum absolute atomic E-state index is 0.0101. The average molecular weight is 394 g/mol. The monoisotopic (exact) mass is 393 g/mol. The molecule has 3 rings (SSSR count). The van der Waals surface area contributed by atoms with Crippen molar-refractivity contribution in [3.63, 3.8) is 0 Å². The van der Waals surface area contributed by atoms with Gasteiger partial charge < -0.3 is 11.1 Å². The Bertz CT molecular complexity index is 759. The summed E-state index contributed by atoms with van der Waals surface area (Å²) in [5, 5.41) is 13.9. The highest BCUT2D eigenvalue weighted by atomic mass is 32.2. The molecule has 0 saturated heterocycles. The Labute approximate surface area is 160 Å². The normalized spacial score (nSPS) is 20.0. The zero-order valence-electron chi connectivity index (χ0n) is 14.7. The summed E-state index contributed by atoms with van der Waals surface area (Å²) in [6.07, 6.45) is 4.61. The van der Waals surface area contributed by atoms with Crippen LogP contribution in [0.2, 0.25) is 0 Å². The fourth-order valence-electron chi connectivity index (χ4n) is 3.19. The highest BCUT2D eigenvalue weighted by Gasteiger charge is 2.23. The highest BCUT2D eigenvalue weighted by molar-refractivity contribution is 7.99. The number of nitrogens with two attached hydrogens (primary N) is 1. The van der Waals surface area contributed by atoms with Crippen LogP contribution in [0.4, 0.5) is 0 Å². The molecule has 3 N–H and O–H groups in total. The zero-order chi connectivity index (χ0) is 18.5. The Morgan fingerprint density at radius 1 is 1.38 bits per heavy atom. The molecule has 1 aliphatic rings. The van der Waals surface area contributed by atoms with Crippen LogP contribution in [0.25, 0.3) is 10.7 Å². The molecule has 140 valence electrons. The summed E-state index contributed by atoms with van der Waals surface area (Å²) < 4.78 is 1.68. The summed E-state index contributed by atoms with van der Waals surface area (Å²) in [6.45, 7) is 2.18.